The second kappa shape index (κ2) is 8.82. The van der Waals surface area contributed by atoms with Gasteiger partial charge in [0.1, 0.15) is 11.5 Å². The topological polar surface area (TPSA) is 33.7 Å². The number of ether oxygens (including phenoxy) is 2. The molecule has 1 aromatic rings. The molecule has 1 unspecified atom stereocenters. The van der Waals surface area contributed by atoms with Crippen LogP contribution in [0.25, 0.3) is 0 Å². The minimum absolute atomic E-state index is 0.224. The Morgan fingerprint density at radius 3 is 2.05 bits per heavy atom. The van der Waals surface area contributed by atoms with E-state index in [0.717, 1.165) is 43.1 Å². The van der Waals surface area contributed by atoms with Gasteiger partial charge in [0.05, 0.1) is 19.8 Å². The fourth-order valence-corrected chi connectivity index (χ4v) is 2.51. The van der Waals surface area contributed by atoms with E-state index in [1.807, 2.05) is 25.2 Å². The molecular weight excluding hydrogens is 252 g/mol. The van der Waals surface area contributed by atoms with Gasteiger partial charge >= 0.3 is 0 Å². The zero-order valence-corrected chi connectivity index (χ0v) is 13.4. The van der Waals surface area contributed by atoms with Gasteiger partial charge in [0.25, 0.3) is 0 Å². The van der Waals surface area contributed by atoms with Gasteiger partial charge in [-0.1, -0.05) is 19.9 Å². The van der Waals surface area contributed by atoms with Crippen LogP contribution in [0.3, 0.4) is 0 Å². The monoisotopic (exact) mass is 280 g/mol. The average Bonchev–Trinajstić information content (AvgIpc) is 2.51. The molecule has 4 nitrogen and oxygen atoms in total. The van der Waals surface area contributed by atoms with Gasteiger partial charge in [0.2, 0.25) is 0 Å². The molecule has 0 bridgehead atoms. The van der Waals surface area contributed by atoms with Crippen LogP contribution < -0.4 is 14.8 Å². The minimum atomic E-state index is 0.224. The lowest BCUT2D eigenvalue weighted by atomic mass is 10.0. The lowest BCUT2D eigenvalue weighted by Gasteiger charge is -2.25. The highest BCUT2D eigenvalue weighted by Gasteiger charge is 2.19. The molecule has 20 heavy (non-hydrogen) atoms. The third kappa shape index (κ3) is 4.12. The first-order valence-corrected chi connectivity index (χ1v) is 7.32. The van der Waals surface area contributed by atoms with Crippen LogP contribution in [0.15, 0.2) is 18.2 Å². The van der Waals surface area contributed by atoms with E-state index in [1.165, 1.54) is 0 Å². The lowest BCUT2D eigenvalue weighted by molar-refractivity contribution is 0.280. The highest BCUT2D eigenvalue weighted by Crippen LogP contribution is 2.35. The second-order valence-electron chi connectivity index (χ2n) is 4.73. The normalized spacial score (nSPS) is 12.5. The van der Waals surface area contributed by atoms with Crippen molar-refractivity contribution in [1.82, 2.24) is 10.2 Å². The first-order valence-electron chi connectivity index (χ1n) is 7.32. The molecule has 0 aliphatic rings. The van der Waals surface area contributed by atoms with Crippen LogP contribution in [0.1, 0.15) is 31.9 Å². The van der Waals surface area contributed by atoms with Crippen LogP contribution in [0, 0.1) is 0 Å². The number of nitrogens with one attached hydrogen (secondary N) is 1. The van der Waals surface area contributed by atoms with Gasteiger partial charge < -0.3 is 19.7 Å². The molecule has 0 heterocycles. The molecular formula is C16H28N2O2. The number of hydrogen-bond acceptors (Lipinski definition) is 4. The summed E-state index contributed by atoms with van der Waals surface area (Å²) in [5, 5.41) is 3.38. The standard InChI is InChI=1S/C16H28N2O2/c1-6-18(7-2)12-11-13(17-3)16-14(19-4)9-8-10-15(16)20-5/h8-10,13,17H,6-7,11-12H2,1-5H3. The van der Waals surface area contributed by atoms with Crippen molar-refractivity contribution >= 4 is 0 Å². The highest BCUT2D eigenvalue weighted by atomic mass is 16.5. The number of methoxy groups -OCH3 is 2. The number of nitrogens with zero attached hydrogens (tertiary/aromatic N) is 1. The Kier molecular flexibility index (Phi) is 7.41. The Hall–Kier alpha value is -1.26. The maximum Gasteiger partial charge on any atom is 0.127 e. The molecule has 0 spiro atoms. The van der Waals surface area contributed by atoms with E-state index in [2.05, 4.69) is 24.1 Å². The summed E-state index contributed by atoms with van der Waals surface area (Å²) in [6.07, 6.45) is 1.02. The Morgan fingerprint density at radius 2 is 1.65 bits per heavy atom. The molecule has 4 heteroatoms. The summed E-state index contributed by atoms with van der Waals surface area (Å²) in [7, 11) is 5.39. The number of benzene rings is 1. The molecule has 0 aliphatic carbocycles. The fourth-order valence-electron chi connectivity index (χ4n) is 2.51. The molecule has 1 rings (SSSR count). The van der Waals surface area contributed by atoms with Crippen molar-refractivity contribution in [2.24, 2.45) is 0 Å². The third-order valence-corrected chi connectivity index (χ3v) is 3.79. The Morgan fingerprint density at radius 1 is 1.10 bits per heavy atom. The van der Waals surface area contributed by atoms with Gasteiger partial charge in [0, 0.05) is 6.04 Å². The van der Waals surface area contributed by atoms with Crippen molar-refractivity contribution in [2.45, 2.75) is 26.3 Å². The van der Waals surface area contributed by atoms with E-state index in [9.17, 15) is 0 Å². The maximum atomic E-state index is 5.50. The highest BCUT2D eigenvalue weighted by molar-refractivity contribution is 5.47. The smallest absolute Gasteiger partial charge is 0.127 e. The lowest BCUT2D eigenvalue weighted by Crippen LogP contribution is -2.28. The van der Waals surface area contributed by atoms with E-state index in [-0.39, 0.29) is 6.04 Å². The number of rotatable bonds is 9. The van der Waals surface area contributed by atoms with Gasteiger partial charge in [-0.25, -0.2) is 0 Å². The third-order valence-electron chi connectivity index (χ3n) is 3.79. The van der Waals surface area contributed by atoms with Crippen molar-refractivity contribution in [3.63, 3.8) is 0 Å². The zero-order valence-electron chi connectivity index (χ0n) is 13.4. The van der Waals surface area contributed by atoms with Crippen molar-refractivity contribution in [2.75, 3.05) is 40.9 Å². The van der Waals surface area contributed by atoms with Gasteiger partial charge in [-0.3, -0.25) is 0 Å². The molecule has 0 fully saturated rings. The summed E-state index contributed by atoms with van der Waals surface area (Å²) in [5.41, 5.74) is 1.10. The molecule has 1 N–H and O–H groups in total. The summed E-state index contributed by atoms with van der Waals surface area (Å²) in [5.74, 6) is 1.76. The molecule has 0 radical (unpaired) electrons. The Bertz CT molecular complexity index is 370. The Balaban J connectivity index is 2.93. The van der Waals surface area contributed by atoms with Gasteiger partial charge in [-0.15, -0.1) is 0 Å². The van der Waals surface area contributed by atoms with E-state index in [0.29, 0.717) is 0 Å². The predicted octanol–water partition coefficient (Wildman–Crippen LogP) is 2.70. The van der Waals surface area contributed by atoms with Crippen molar-refractivity contribution in [3.05, 3.63) is 23.8 Å². The summed E-state index contributed by atoms with van der Waals surface area (Å²) in [4.78, 5) is 2.42. The molecule has 0 aliphatic heterocycles. The summed E-state index contributed by atoms with van der Waals surface area (Å²) < 4.78 is 11.0. The molecule has 0 saturated carbocycles. The SMILES string of the molecule is CCN(CC)CCC(NC)c1c(OC)cccc1OC. The zero-order chi connectivity index (χ0) is 15.0. The van der Waals surface area contributed by atoms with Crippen LogP contribution in [-0.4, -0.2) is 45.8 Å². The van der Waals surface area contributed by atoms with Crippen LogP contribution in [0.5, 0.6) is 11.5 Å². The van der Waals surface area contributed by atoms with Gasteiger partial charge in [-0.2, -0.15) is 0 Å². The quantitative estimate of drug-likeness (QED) is 0.754. The first-order chi connectivity index (χ1) is 9.71. The molecule has 114 valence electrons. The van der Waals surface area contributed by atoms with Gasteiger partial charge in [-0.05, 0) is 45.2 Å². The molecule has 1 atom stereocenters. The van der Waals surface area contributed by atoms with Crippen molar-refractivity contribution in [3.8, 4) is 11.5 Å². The summed E-state index contributed by atoms with van der Waals surface area (Å²) in [6, 6.07) is 6.15. The van der Waals surface area contributed by atoms with Crippen LogP contribution in [0.2, 0.25) is 0 Å². The van der Waals surface area contributed by atoms with Gasteiger partial charge in [0.15, 0.2) is 0 Å². The largest absolute Gasteiger partial charge is 0.496 e. The van der Waals surface area contributed by atoms with Crippen molar-refractivity contribution < 1.29 is 9.47 Å². The van der Waals surface area contributed by atoms with Crippen molar-refractivity contribution in [1.29, 1.82) is 0 Å². The molecule has 1 aromatic carbocycles. The summed E-state index contributed by atoms with van der Waals surface area (Å²) >= 11 is 0. The number of hydrogen-bond donors (Lipinski definition) is 1. The van der Waals surface area contributed by atoms with E-state index in [4.69, 9.17) is 9.47 Å². The molecule has 0 amide bonds. The predicted molar refractivity (Wildman–Crippen MR) is 83.8 cm³/mol. The second-order valence-corrected chi connectivity index (χ2v) is 4.73. The van der Waals surface area contributed by atoms with E-state index >= 15 is 0 Å². The van der Waals surface area contributed by atoms with Crippen LogP contribution in [-0.2, 0) is 0 Å². The Labute approximate surface area is 123 Å². The summed E-state index contributed by atoms with van der Waals surface area (Å²) in [6.45, 7) is 7.61. The first kappa shape index (κ1) is 16.8. The van der Waals surface area contributed by atoms with E-state index < -0.39 is 0 Å². The van der Waals surface area contributed by atoms with Crippen LogP contribution >= 0.6 is 0 Å². The minimum Gasteiger partial charge on any atom is -0.496 e. The van der Waals surface area contributed by atoms with Crippen LogP contribution in [0.4, 0.5) is 0 Å². The molecule has 0 saturated heterocycles. The maximum absolute atomic E-state index is 5.50. The average molecular weight is 280 g/mol. The van der Waals surface area contributed by atoms with E-state index in [1.54, 1.807) is 14.2 Å². The fraction of sp³-hybridized carbons (Fsp3) is 0.625. The molecule has 0 aromatic heterocycles.